The summed E-state index contributed by atoms with van der Waals surface area (Å²) in [4.78, 5) is 21.7. The Labute approximate surface area is 103 Å². The number of alkyl halides is 3. The van der Waals surface area contributed by atoms with E-state index in [0.29, 0.717) is 0 Å². The van der Waals surface area contributed by atoms with Crippen molar-refractivity contribution >= 4 is 17.7 Å². The summed E-state index contributed by atoms with van der Waals surface area (Å²) in [5.74, 6) is -2.81. The summed E-state index contributed by atoms with van der Waals surface area (Å²) < 4.78 is 52.3. The summed E-state index contributed by atoms with van der Waals surface area (Å²) in [5, 5.41) is 10.4. The van der Waals surface area contributed by atoms with Gasteiger partial charge in [0, 0.05) is 0 Å². The van der Waals surface area contributed by atoms with Crippen LogP contribution in [0.5, 0.6) is 0 Å². The lowest BCUT2D eigenvalue weighted by Crippen LogP contribution is -2.24. The zero-order chi connectivity index (χ0) is 14.6. The number of ether oxygens (including phenoxy) is 1. The molecule has 0 saturated heterocycles. The van der Waals surface area contributed by atoms with E-state index in [1.54, 1.807) is 5.32 Å². The summed E-state index contributed by atoms with van der Waals surface area (Å²) in [6.07, 6.45) is -6.25. The zero-order valence-electron chi connectivity index (χ0n) is 9.12. The van der Waals surface area contributed by atoms with Gasteiger partial charge in [-0.25, -0.2) is 14.0 Å². The summed E-state index contributed by atoms with van der Waals surface area (Å²) in [7, 11) is 0. The zero-order valence-corrected chi connectivity index (χ0v) is 9.12. The van der Waals surface area contributed by atoms with Crippen LogP contribution in [0.3, 0.4) is 0 Å². The second-order valence-corrected chi connectivity index (χ2v) is 3.28. The molecule has 0 aliphatic carbocycles. The van der Waals surface area contributed by atoms with Crippen LogP contribution in [0.4, 0.5) is 28.0 Å². The number of benzene rings is 1. The van der Waals surface area contributed by atoms with E-state index in [1.165, 1.54) is 0 Å². The van der Waals surface area contributed by atoms with E-state index in [9.17, 15) is 27.2 Å². The van der Waals surface area contributed by atoms with Crippen molar-refractivity contribution in [3.8, 4) is 0 Å². The molecule has 2 N–H and O–H groups in total. The van der Waals surface area contributed by atoms with E-state index >= 15 is 0 Å². The maximum Gasteiger partial charge on any atom is 0.422 e. The van der Waals surface area contributed by atoms with Crippen LogP contribution < -0.4 is 5.32 Å². The lowest BCUT2D eigenvalue weighted by Gasteiger charge is -2.11. The van der Waals surface area contributed by atoms with Crippen LogP contribution in [0.2, 0.25) is 0 Å². The summed E-state index contributed by atoms with van der Waals surface area (Å²) in [6, 6.07) is 2.93. The standard InChI is InChI=1S/C10H7F4NO4/c11-5-2-1-3-6(7(5)8(16)17)15-9(18)19-4-10(12,13)14/h1-3H,4H2,(H,15,18)(H,16,17). The minimum absolute atomic E-state index is 0.500. The monoisotopic (exact) mass is 281 g/mol. The summed E-state index contributed by atoms with van der Waals surface area (Å²) in [5.41, 5.74) is -1.37. The molecule has 0 bridgehead atoms. The Hall–Kier alpha value is -2.32. The fourth-order valence-electron chi connectivity index (χ4n) is 1.14. The van der Waals surface area contributed by atoms with Gasteiger partial charge < -0.3 is 9.84 Å². The van der Waals surface area contributed by atoms with Crippen molar-refractivity contribution in [3.05, 3.63) is 29.6 Å². The first kappa shape index (κ1) is 14.7. The van der Waals surface area contributed by atoms with Gasteiger partial charge in [-0.2, -0.15) is 13.2 Å². The van der Waals surface area contributed by atoms with Gasteiger partial charge in [0.1, 0.15) is 11.4 Å². The second-order valence-electron chi connectivity index (χ2n) is 3.28. The number of carbonyl (C=O) groups is 2. The molecule has 1 aromatic rings. The quantitative estimate of drug-likeness (QED) is 0.835. The van der Waals surface area contributed by atoms with Crippen LogP contribution >= 0.6 is 0 Å². The van der Waals surface area contributed by atoms with E-state index in [1.807, 2.05) is 0 Å². The molecule has 19 heavy (non-hydrogen) atoms. The van der Waals surface area contributed by atoms with Gasteiger partial charge in [-0.15, -0.1) is 0 Å². The van der Waals surface area contributed by atoms with Gasteiger partial charge in [0.2, 0.25) is 0 Å². The topological polar surface area (TPSA) is 75.6 Å². The highest BCUT2D eigenvalue weighted by atomic mass is 19.4. The molecule has 0 heterocycles. The Bertz CT molecular complexity index is 501. The Morgan fingerprint density at radius 1 is 1.32 bits per heavy atom. The minimum atomic E-state index is -4.71. The van der Waals surface area contributed by atoms with E-state index in [2.05, 4.69) is 4.74 Å². The molecule has 0 spiro atoms. The number of carbonyl (C=O) groups excluding carboxylic acids is 1. The lowest BCUT2D eigenvalue weighted by atomic mass is 10.1. The van der Waals surface area contributed by atoms with E-state index in [-0.39, 0.29) is 0 Å². The highest BCUT2D eigenvalue weighted by Crippen LogP contribution is 2.20. The number of anilines is 1. The predicted octanol–water partition coefficient (Wildman–Crippen LogP) is 2.63. The molecule has 0 aliphatic heterocycles. The average Bonchev–Trinajstić information content (AvgIpc) is 2.25. The van der Waals surface area contributed by atoms with Crippen molar-refractivity contribution in [2.45, 2.75) is 6.18 Å². The molecule has 9 heteroatoms. The maximum absolute atomic E-state index is 13.2. The Balaban J connectivity index is 2.80. The van der Waals surface area contributed by atoms with Crippen LogP contribution in [0.1, 0.15) is 10.4 Å². The van der Waals surface area contributed by atoms with Gasteiger partial charge in [-0.1, -0.05) is 6.07 Å². The maximum atomic E-state index is 13.2. The number of carboxylic acids is 1. The molecule has 0 atom stereocenters. The van der Waals surface area contributed by atoms with Crippen LogP contribution in [0.25, 0.3) is 0 Å². The summed E-state index contributed by atoms with van der Waals surface area (Å²) >= 11 is 0. The van der Waals surface area contributed by atoms with Crippen molar-refractivity contribution in [2.75, 3.05) is 11.9 Å². The first-order valence-electron chi connectivity index (χ1n) is 4.73. The van der Waals surface area contributed by atoms with Gasteiger partial charge in [0.25, 0.3) is 0 Å². The summed E-state index contributed by atoms with van der Waals surface area (Å²) in [6.45, 7) is -1.84. The Morgan fingerprint density at radius 2 is 1.95 bits per heavy atom. The third kappa shape index (κ3) is 4.45. The third-order valence-electron chi connectivity index (χ3n) is 1.83. The normalized spacial score (nSPS) is 10.9. The molecule has 0 aliphatic rings. The van der Waals surface area contributed by atoms with Crippen molar-refractivity contribution in [1.29, 1.82) is 0 Å². The smallest absolute Gasteiger partial charge is 0.422 e. The van der Waals surface area contributed by atoms with E-state index < -0.39 is 41.9 Å². The SMILES string of the molecule is O=C(Nc1cccc(F)c1C(=O)O)OCC(F)(F)F. The molecule has 0 aromatic heterocycles. The van der Waals surface area contributed by atoms with Gasteiger partial charge in [0.15, 0.2) is 6.61 Å². The van der Waals surface area contributed by atoms with E-state index in [0.717, 1.165) is 18.2 Å². The molecule has 0 fully saturated rings. The van der Waals surface area contributed by atoms with Crippen molar-refractivity contribution in [2.24, 2.45) is 0 Å². The molecular weight excluding hydrogens is 274 g/mol. The number of carboxylic acid groups (broad SMARTS) is 1. The molecule has 0 unspecified atom stereocenters. The van der Waals surface area contributed by atoms with Crippen molar-refractivity contribution in [1.82, 2.24) is 0 Å². The molecule has 0 saturated carbocycles. The molecule has 104 valence electrons. The first-order valence-corrected chi connectivity index (χ1v) is 4.73. The Morgan fingerprint density at radius 3 is 2.47 bits per heavy atom. The van der Waals surface area contributed by atoms with Crippen LogP contribution in [-0.4, -0.2) is 30.0 Å². The Kier molecular flexibility index (Phi) is 4.30. The third-order valence-corrected chi connectivity index (χ3v) is 1.83. The molecule has 1 aromatic carbocycles. The van der Waals surface area contributed by atoms with Crippen molar-refractivity contribution < 1.29 is 37.0 Å². The number of halogens is 4. The predicted molar refractivity (Wildman–Crippen MR) is 54.4 cm³/mol. The largest absolute Gasteiger partial charge is 0.478 e. The second kappa shape index (κ2) is 5.55. The number of rotatable bonds is 3. The first-order chi connectivity index (χ1) is 8.70. The fourth-order valence-corrected chi connectivity index (χ4v) is 1.14. The van der Waals surface area contributed by atoms with Crippen LogP contribution in [0.15, 0.2) is 18.2 Å². The molecular formula is C10H7F4NO4. The number of amides is 1. The number of hydrogen-bond acceptors (Lipinski definition) is 3. The van der Waals surface area contributed by atoms with Gasteiger partial charge >= 0.3 is 18.2 Å². The molecule has 5 nitrogen and oxygen atoms in total. The number of nitrogens with one attached hydrogen (secondary N) is 1. The highest BCUT2D eigenvalue weighted by Gasteiger charge is 2.30. The van der Waals surface area contributed by atoms with E-state index in [4.69, 9.17) is 5.11 Å². The molecule has 1 rings (SSSR count). The number of aromatic carboxylic acids is 1. The average molecular weight is 281 g/mol. The van der Waals surface area contributed by atoms with Gasteiger partial charge in [0.05, 0.1) is 5.69 Å². The van der Waals surface area contributed by atoms with Crippen molar-refractivity contribution in [3.63, 3.8) is 0 Å². The lowest BCUT2D eigenvalue weighted by molar-refractivity contribution is -0.159. The minimum Gasteiger partial charge on any atom is -0.478 e. The van der Waals surface area contributed by atoms with Crippen LogP contribution in [0, 0.1) is 5.82 Å². The van der Waals surface area contributed by atoms with Gasteiger partial charge in [-0.3, -0.25) is 5.32 Å². The fraction of sp³-hybridized carbons (Fsp3) is 0.200. The highest BCUT2D eigenvalue weighted by molar-refractivity contribution is 5.98. The van der Waals surface area contributed by atoms with Crippen LogP contribution in [-0.2, 0) is 4.74 Å². The molecule has 1 amide bonds. The molecule has 0 radical (unpaired) electrons. The van der Waals surface area contributed by atoms with Gasteiger partial charge in [-0.05, 0) is 12.1 Å². The number of hydrogen-bond donors (Lipinski definition) is 2.